The van der Waals surface area contributed by atoms with Gasteiger partial charge in [0.25, 0.3) is 0 Å². The highest BCUT2D eigenvalue weighted by atomic mass is 16.5. The second-order valence-corrected chi connectivity index (χ2v) is 5.78. The Labute approximate surface area is 130 Å². The van der Waals surface area contributed by atoms with Gasteiger partial charge in [-0.25, -0.2) is 0 Å². The molecule has 0 fully saturated rings. The van der Waals surface area contributed by atoms with Gasteiger partial charge in [0, 0.05) is 26.2 Å². The van der Waals surface area contributed by atoms with Gasteiger partial charge >= 0.3 is 0 Å². The van der Waals surface area contributed by atoms with E-state index in [0.717, 1.165) is 39.4 Å². The number of likely N-dealkylation sites (N-methyl/N-ethyl adjacent to an activating group) is 1. The summed E-state index contributed by atoms with van der Waals surface area (Å²) in [6.45, 7) is 12.3. The molecule has 1 atom stereocenters. The first kappa shape index (κ1) is 18.1. The zero-order valence-electron chi connectivity index (χ0n) is 14.2. The van der Waals surface area contributed by atoms with Crippen molar-refractivity contribution in [3.05, 3.63) is 35.4 Å². The fourth-order valence-corrected chi connectivity index (χ4v) is 2.32. The standard InChI is InChI=1S/C18H32N2O/c1-5-11-19-14-16(3)18-9-7-17(8-10-18)15-20(4)12-13-21-6-2/h7-10,16,19H,5-6,11-15H2,1-4H3. The number of ether oxygens (including phenoxy) is 1. The topological polar surface area (TPSA) is 24.5 Å². The Morgan fingerprint density at radius 2 is 1.90 bits per heavy atom. The lowest BCUT2D eigenvalue weighted by molar-refractivity contribution is 0.120. The number of benzene rings is 1. The van der Waals surface area contributed by atoms with Crippen LogP contribution in [0.1, 0.15) is 44.2 Å². The van der Waals surface area contributed by atoms with Crippen molar-refractivity contribution in [1.82, 2.24) is 10.2 Å². The van der Waals surface area contributed by atoms with E-state index in [1.54, 1.807) is 0 Å². The predicted octanol–water partition coefficient (Wildman–Crippen LogP) is 3.26. The lowest BCUT2D eigenvalue weighted by atomic mass is 9.99. The lowest BCUT2D eigenvalue weighted by Crippen LogP contribution is -2.23. The molecule has 1 rings (SSSR count). The minimum absolute atomic E-state index is 0.571. The van der Waals surface area contributed by atoms with Crippen molar-refractivity contribution in [2.24, 2.45) is 0 Å². The molecule has 0 aliphatic heterocycles. The zero-order chi connectivity index (χ0) is 15.5. The summed E-state index contributed by atoms with van der Waals surface area (Å²) in [5, 5.41) is 3.49. The highest BCUT2D eigenvalue weighted by Crippen LogP contribution is 2.15. The van der Waals surface area contributed by atoms with Crippen LogP contribution in [0.25, 0.3) is 0 Å². The van der Waals surface area contributed by atoms with Crippen molar-refractivity contribution >= 4 is 0 Å². The number of hydrogen-bond acceptors (Lipinski definition) is 3. The van der Waals surface area contributed by atoms with Gasteiger partial charge in [0.15, 0.2) is 0 Å². The van der Waals surface area contributed by atoms with E-state index in [2.05, 4.69) is 55.4 Å². The van der Waals surface area contributed by atoms with Crippen LogP contribution in [0.15, 0.2) is 24.3 Å². The van der Waals surface area contributed by atoms with Gasteiger partial charge < -0.3 is 10.1 Å². The largest absolute Gasteiger partial charge is 0.380 e. The Morgan fingerprint density at radius 1 is 1.19 bits per heavy atom. The number of nitrogens with zero attached hydrogens (tertiary/aromatic N) is 1. The molecule has 0 spiro atoms. The Balaban J connectivity index is 2.38. The summed E-state index contributed by atoms with van der Waals surface area (Å²) in [5.41, 5.74) is 2.78. The Kier molecular flexibility index (Phi) is 9.31. The molecule has 0 saturated carbocycles. The molecule has 0 saturated heterocycles. The molecular weight excluding hydrogens is 260 g/mol. The van der Waals surface area contributed by atoms with Crippen molar-refractivity contribution < 1.29 is 4.74 Å². The molecule has 120 valence electrons. The van der Waals surface area contributed by atoms with Crippen LogP contribution < -0.4 is 5.32 Å². The van der Waals surface area contributed by atoms with Crippen LogP contribution in [-0.4, -0.2) is 44.8 Å². The van der Waals surface area contributed by atoms with E-state index in [0.29, 0.717) is 5.92 Å². The summed E-state index contributed by atoms with van der Waals surface area (Å²) < 4.78 is 5.39. The first-order valence-electron chi connectivity index (χ1n) is 8.23. The molecule has 3 heteroatoms. The van der Waals surface area contributed by atoms with Crippen LogP contribution in [0.5, 0.6) is 0 Å². The fraction of sp³-hybridized carbons (Fsp3) is 0.667. The molecule has 21 heavy (non-hydrogen) atoms. The van der Waals surface area contributed by atoms with Gasteiger partial charge in [0.05, 0.1) is 6.61 Å². The molecule has 3 nitrogen and oxygen atoms in total. The third kappa shape index (κ3) is 7.60. The molecular formula is C18H32N2O. The van der Waals surface area contributed by atoms with Gasteiger partial charge in [-0.3, -0.25) is 4.90 Å². The fourth-order valence-electron chi connectivity index (χ4n) is 2.32. The maximum absolute atomic E-state index is 5.39. The quantitative estimate of drug-likeness (QED) is 0.634. The molecule has 0 bridgehead atoms. The predicted molar refractivity (Wildman–Crippen MR) is 90.8 cm³/mol. The van der Waals surface area contributed by atoms with Crippen LogP contribution in [0, 0.1) is 0 Å². The van der Waals surface area contributed by atoms with Crippen LogP contribution in [0.2, 0.25) is 0 Å². The van der Waals surface area contributed by atoms with Crippen molar-refractivity contribution in [3.63, 3.8) is 0 Å². The van der Waals surface area contributed by atoms with E-state index < -0.39 is 0 Å². The number of rotatable bonds is 11. The van der Waals surface area contributed by atoms with Crippen LogP contribution >= 0.6 is 0 Å². The average molecular weight is 292 g/mol. The van der Waals surface area contributed by atoms with E-state index in [-0.39, 0.29) is 0 Å². The van der Waals surface area contributed by atoms with Gasteiger partial charge in [-0.1, -0.05) is 38.1 Å². The molecule has 0 heterocycles. The zero-order valence-corrected chi connectivity index (χ0v) is 14.2. The Morgan fingerprint density at radius 3 is 2.52 bits per heavy atom. The molecule has 1 N–H and O–H groups in total. The average Bonchev–Trinajstić information content (AvgIpc) is 2.48. The van der Waals surface area contributed by atoms with E-state index in [1.165, 1.54) is 17.5 Å². The molecule has 0 aliphatic carbocycles. The van der Waals surface area contributed by atoms with Gasteiger partial charge in [0.1, 0.15) is 0 Å². The van der Waals surface area contributed by atoms with Crippen molar-refractivity contribution in [2.45, 2.75) is 39.7 Å². The molecule has 0 radical (unpaired) electrons. The van der Waals surface area contributed by atoms with E-state index >= 15 is 0 Å². The first-order chi connectivity index (χ1) is 10.2. The second-order valence-electron chi connectivity index (χ2n) is 5.78. The maximum Gasteiger partial charge on any atom is 0.0593 e. The highest BCUT2D eigenvalue weighted by Gasteiger charge is 2.06. The smallest absolute Gasteiger partial charge is 0.0593 e. The Hall–Kier alpha value is -0.900. The summed E-state index contributed by atoms with van der Waals surface area (Å²) in [4.78, 5) is 2.30. The van der Waals surface area contributed by atoms with Gasteiger partial charge in [-0.05, 0) is 44.0 Å². The van der Waals surface area contributed by atoms with Crippen LogP contribution in [-0.2, 0) is 11.3 Å². The molecule has 0 aliphatic rings. The summed E-state index contributed by atoms with van der Waals surface area (Å²) >= 11 is 0. The third-order valence-corrected chi connectivity index (χ3v) is 3.70. The minimum Gasteiger partial charge on any atom is -0.380 e. The van der Waals surface area contributed by atoms with Crippen molar-refractivity contribution in [2.75, 3.05) is 39.9 Å². The highest BCUT2D eigenvalue weighted by molar-refractivity contribution is 5.25. The summed E-state index contributed by atoms with van der Waals surface area (Å²) in [6, 6.07) is 9.04. The van der Waals surface area contributed by atoms with Crippen molar-refractivity contribution in [3.8, 4) is 0 Å². The second kappa shape index (κ2) is 10.8. The molecule has 1 unspecified atom stereocenters. The molecule has 0 aromatic heterocycles. The number of hydrogen-bond donors (Lipinski definition) is 1. The Bertz CT molecular complexity index is 364. The van der Waals surface area contributed by atoms with E-state index in [1.807, 2.05) is 6.92 Å². The lowest BCUT2D eigenvalue weighted by Gasteiger charge is -2.17. The minimum atomic E-state index is 0.571. The molecule has 1 aromatic rings. The maximum atomic E-state index is 5.39. The monoisotopic (exact) mass is 292 g/mol. The van der Waals surface area contributed by atoms with Gasteiger partial charge in [-0.15, -0.1) is 0 Å². The van der Waals surface area contributed by atoms with Gasteiger partial charge in [0.2, 0.25) is 0 Å². The third-order valence-electron chi connectivity index (χ3n) is 3.70. The first-order valence-corrected chi connectivity index (χ1v) is 8.23. The van der Waals surface area contributed by atoms with Gasteiger partial charge in [-0.2, -0.15) is 0 Å². The summed E-state index contributed by atoms with van der Waals surface area (Å²) in [6.07, 6.45) is 1.19. The SMILES string of the molecule is CCCNCC(C)c1ccc(CN(C)CCOCC)cc1. The van der Waals surface area contributed by atoms with Crippen molar-refractivity contribution in [1.29, 1.82) is 0 Å². The van der Waals surface area contributed by atoms with Crippen LogP contribution in [0.3, 0.4) is 0 Å². The normalized spacial score (nSPS) is 12.8. The van der Waals surface area contributed by atoms with E-state index in [4.69, 9.17) is 4.74 Å². The summed E-state index contributed by atoms with van der Waals surface area (Å²) in [7, 11) is 2.14. The van der Waals surface area contributed by atoms with Crippen LogP contribution in [0.4, 0.5) is 0 Å². The number of nitrogens with one attached hydrogen (secondary N) is 1. The van der Waals surface area contributed by atoms with E-state index in [9.17, 15) is 0 Å². The molecule has 0 amide bonds. The summed E-state index contributed by atoms with van der Waals surface area (Å²) in [5.74, 6) is 0.571. The molecule has 1 aromatic carbocycles.